The average molecular weight is 493 g/mol. The van der Waals surface area contributed by atoms with Gasteiger partial charge in [0.25, 0.3) is 11.7 Å². The molecule has 4 aromatic rings. The predicted octanol–water partition coefficient (Wildman–Crippen LogP) is 6.54. The lowest BCUT2D eigenvalue weighted by Gasteiger charge is -2.09. The van der Waals surface area contributed by atoms with Crippen LogP contribution in [0.25, 0.3) is 10.9 Å². The van der Waals surface area contributed by atoms with Gasteiger partial charge < -0.3 is 4.57 Å². The number of amides is 1. The maximum Gasteiger partial charge on any atom is 0.298 e. The zero-order valence-electron chi connectivity index (χ0n) is 16.5. The van der Waals surface area contributed by atoms with E-state index in [1.807, 2.05) is 26.0 Å². The number of ketones is 1. The molecule has 2 aromatic carbocycles. The Morgan fingerprint density at radius 1 is 1.10 bits per heavy atom. The molecule has 0 aliphatic carbocycles. The van der Waals surface area contributed by atoms with Crippen molar-refractivity contribution >= 4 is 73.9 Å². The van der Waals surface area contributed by atoms with Crippen LogP contribution in [0.15, 0.2) is 42.5 Å². The minimum Gasteiger partial charge on any atom is -0.326 e. The van der Waals surface area contributed by atoms with E-state index in [9.17, 15) is 9.59 Å². The van der Waals surface area contributed by atoms with E-state index >= 15 is 0 Å². The van der Waals surface area contributed by atoms with E-state index in [0.29, 0.717) is 27.1 Å². The van der Waals surface area contributed by atoms with Crippen molar-refractivity contribution < 1.29 is 9.59 Å². The molecular formula is C22H16Cl3N3O2S. The number of rotatable bonds is 5. The molecule has 1 amide bonds. The summed E-state index contributed by atoms with van der Waals surface area (Å²) in [6, 6.07) is 12.4. The first-order valence-corrected chi connectivity index (χ1v) is 11.2. The predicted molar refractivity (Wildman–Crippen MR) is 127 cm³/mol. The molecule has 0 fully saturated rings. The molecule has 2 aromatic heterocycles. The van der Waals surface area contributed by atoms with E-state index in [1.54, 1.807) is 34.9 Å². The molecule has 0 aliphatic heterocycles. The van der Waals surface area contributed by atoms with Crippen LogP contribution in [-0.4, -0.2) is 21.2 Å². The number of benzene rings is 2. The summed E-state index contributed by atoms with van der Waals surface area (Å²) in [4.78, 5) is 31.0. The number of anilines is 1. The molecule has 0 atom stereocenters. The number of carbonyl (C=O) groups is 2. The number of nitrogens with zero attached hydrogens (tertiary/aromatic N) is 2. The number of thiazole rings is 1. The SMILES string of the molecule is Cc1nc(NC(=O)C(=O)c2c(Cl)n(Cc3ccc(Cl)cc3Cl)c3ccccc23)sc1C. The highest BCUT2D eigenvalue weighted by molar-refractivity contribution is 7.15. The van der Waals surface area contributed by atoms with Crippen molar-refractivity contribution in [1.29, 1.82) is 0 Å². The molecule has 0 saturated heterocycles. The molecule has 0 radical (unpaired) electrons. The van der Waals surface area contributed by atoms with E-state index in [2.05, 4.69) is 10.3 Å². The standard InChI is InChI=1S/C22H16Cl3N3O2S/c1-11-12(2)31-22(26-11)27-21(30)19(29)18-15-5-3-4-6-17(15)28(20(18)25)10-13-7-8-14(23)9-16(13)24/h3-9H,10H2,1-2H3,(H,26,27,30). The van der Waals surface area contributed by atoms with Gasteiger partial charge in [-0.1, -0.05) is 59.1 Å². The van der Waals surface area contributed by atoms with Gasteiger partial charge in [-0.2, -0.15) is 0 Å². The van der Waals surface area contributed by atoms with Gasteiger partial charge in [0.15, 0.2) is 5.13 Å². The van der Waals surface area contributed by atoms with Gasteiger partial charge in [-0.05, 0) is 37.6 Å². The van der Waals surface area contributed by atoms with Gasteiger partial charge >= 0.3 is 0 Å². The Morgan fingerprint density at radius 2 is 1.84 bits per heavy atom. The Bertz CT molecular complexity index is 1320. The Morgan fingerprint density at radius 3 is 2.52 bits per heavy atom. The van der Waals surface area contributed by atoms with Crippen LogP contribution in [0.1, 0.15) is 26.5 Å². The maximum absolute atomic E-state index is 13.1. The van der Waals surface area contributed by atoms with E-state index in [-0.39, 0.29) is 10.7 Å². The quantitative estimate of drug-likeness (QED) is 0.254. The van der Waals surface area contributed by atoms with Crippen molar-refractivity contribution in [3.63, 3.8) is 0 Å². The molecule has 0 saturated carbocycles. The maximum atomic E-state index is 13.1. The monoisotopic (exact) mass is 491 g/mol. The van der Waals surface area contributed by atoms with E-state index in [0.717, 1.165) is 21.7 Å². The van der Waals surface area contributed by atoms with Crippen LogP contribution in [0.5, 0.6) is 0 Å². The van der Waals surface area contributed by atoms with Gasteiger partial charge in [-0.15, -0.1) is 11.3 Å². The largest absolute Gasteiger partial charge is 0.326 e. The van der Waals surface area contributed by atoms with Crippen LogP contribution in [0.3, 0.4) is 0 Å². The van der Waals surface area contributed by atoms with Crippen molar-refractivity contribution in [2.45, 2.75) is 20.4 Å². The van der Waals surface area contributed by atoms with Crippen molar-refractivity contribution in [3.8, 4) is 0 Å². The number of nitrogens with one attached hydrogen (secondary N) is 1. The highest BCUT2D eigenvalue weighted by Crippen LogP contribution is 2.33. The Hall–Kier alpha value is -2.38. The van der Waals surface area contributed by atoms with Crippen molar-refractivity contribution in [3.05, 3.63) is 79.4 Å². The molecule has 158 valence electrons. The Balaban J connectivity index is 1.73. The summed E-state index contributed by atoms with van der Waals surface area (Å²) >= 11 is 20.3. The Kier molecular flexibility index (Phi) is 6.08. The van der Waals surface area contributed by atoms with Crippen LogP contribution in [0.2, 0.25) is 15.2 Å². The zero-order chi connectivity index (χ0) is 22.3. The fourth-order valence-corrected chi connectivity index (χ4v) is 4.87. The molecule has 1 N–H and O–H groups in total. The van der Waals surface area contributed by atoms with Gasteiger partial charge in [0.05, 0.1) is 23.3 Å². The number of hydrogen-bond donors (Lipinski definition) is 1. The molecule has 0 aliphatic rings. The third-order valence-electron chi connectivity index (χ3n) is 4.93. The topological polar surface area (TPSA) is 64.0 Å². The molecule has 0 unspecified atom stereocenters. The van der Waals surface area contributed by atoms with Crippen molar-refractivity contribution in [2.24, 2.45) is 0 Å². The zero-order valence-corrected chi connectivity index (χ0v) is 19.6. The van der Waals surface area contributed by atoms with Gasteiger partial charge in [-0.25, -0.2) is 4.98 Å². The second-order valence-electron chi connectivity index (χ2n) is 6.95. The summed E-state index contributed by atoms with van der Waals surface area (Å²) in [5.74, 6) is -1.52. The van der Waals surface area contributed by atoms with Crippen molar-refractivity contribution in [1.82, 2.24) is 9.55 Å². The molecular weight excluding hydrogens is 477 g/mol. The van der Waals surface area contributed by atoms with Gasteiger partial charge in [-0.3, -0.25) is 14.9 Å². The van der Waals surface area contributed by atoms with Crippen LogP contribution in [-0.2, 0) is 11.3 Å². The summed E-state index contributed by atoms with van der Waals surface area (Å²) < 4.78 is 1.75. The minimum atomic E-state index is -0.789. The fraction of sp³-hybridized carbons (Fsp3) is 0.136. The van der Waals surface area contributed by atoms with Gasteiger partial charge in [0.2, 0.25) is 0 Å². The summed E-state index contributed by atoms with van der Waals surface area (Å²) in [6.07, 6.45) is 0. The lowest BCUT2D eigenvalue weighted by Crippen LogP contribution is -2.23. The number of aryl methyl sites for hydroxylation is 2. The molecule has 0 spiro atoms. The lowest BCUT2D eigenvalue weighted by molar-refractivity contribution is -0.112. The number of carbonyl (C=O) groups excluding carboxylic acids is 2. The van der Waals surface area contributed by atoms with Gasteiger partial charge in [0.1, 0.15) is 5.15 Å². The van der Waals surface area contributed by atoms with Gasteiger partial charge in [0, 0.05) is 20.3 Å². The second-order valence-corrected chi connectivity index (χ2v) is 9.35. The number of hydrogen-bond acceptors (Lipinski definition) is 4. The van der Waals surface area contributed by atoms with Crippen molar-refractivity contribution in [2.75, 3.05) is 5.32 Å². The third kappa shape index (κ3) is 4.21. The summed E-state index contributed by atoms with van der Waals surface area (Å²) in [7, 11) is 0. The molecule has 2 heterocycles. The highest BCUT2D eigenvalue weighted by atomic mass is 35.5. The summed E-state index contributed by atoms with van der Waals surface area (Å²) in [5.41, 5.74) is 2.45. The first-order valence-electron chi connectivity index (χ1n) is 9.26. The first kappa shape index (κ1) is 21.8. The highest BCUT2D eigenvalue weighted by Gasteiger charge is 2.27. The van der Waals surface area contributed by atoms with Crippen LogP contribution in [0.4, 0.5) is 5.13 Å². The van der Waals surface area contributed by atoms with E-state index in [4.69, 9.17) is 34.8 Å². The number of aromatic nitrogens is 2. The third-order valence-corrected chi connectivity index (χ3v) is 6.90. The lowest BCUT2D eigenvalue weighted by atomic mass is 10.1. The second kappa shape index (κ2) is 8.63. The molecule has 4 rings (SSSR count). The fourth-order valence-electron chi connectivity index (χ4n) is 3.26. The van der Waals surface area contributed by atoms with E-state index < -0.39 is 11.7 Å². The number of Topliss-reactive ketones (excluding diaryl/α,β-unsaturated/α-hetero) is 1. The summed E-state index contributed by atoms with van der Waals surface area (Å²) in [5, 5.41) is 4.73. The number of halogens is 3. The Labute approximate surface area is 197 Å². The number of para-hydroxylation sites is 1. The van der Waals surface area contributed by atoms with E-state index in [1.165, 1.54) is 11.3 Å². The van der Waals surface area contributed by atoms with Crippen LogP contribution < -0.4 is 5.32 Å². The minimum absolute atomic E-state index is 0.143. The smallest absolute Gasteiger partial charge is 0.298 e. The molecule has 5 nitrogen and oxygen atoms in total. The molecule has 9 heteroatoms. The summed E-state index contributed by atoms with van der Waals surface area (Å²) in [6.45, 7) is 4.06. The first-order chi connectivity index (χ1) is 14.8. The molecule has 0 bridgehead atoms. The average Bonchev–Trinajstić information content (AvgIpc) is 3.19. The number of fused-ring (bicyclic) bond motifs is 1. The van der Waals surface area contributed by atoms with Crippen LogP contribution >= 0.6 is 46.1 Å². The van der Waals surface area contributed by atoms with Crippen LogP contribution in [0, 0.1) is 13.8 Å². The normalized spacial score (nSPS) is 11.1. The molecule has 31 heavy (non-hydrogen) atoms.